The molecular weight excluding hydrogens is 692 g/mol. The highest BCUT2D eigenvalue weighted by Crippen LogP contribution is 2.35. The number of rotatable bonds is 12. The van der Waals surface area contributed by atoms with Crippen molar-refractivity contribution in [3.05, 3.63) is 66.6 Å². The third-order valence-corrected chi connectivity index (χ3v) is 8.28. The van der Waals surface area contributed by atoms with Crippen LogP contribution in [-0.4, -0.2) is 50.4 Å². The Morgan fingerprint density at radius 3 is 2.40 bits per heavy atom. The van der Waals surface area contributed by atoms with Gasteiger partial charge in [-0.2, -0.15) is 0 Å². The van der Waals surface area contributed by atoms with Gasteiger partial charge in [-0.3, -0.25) is 0 Å². The molecule has 0 spiro atoms. The second-order valence-electron chi connectivity index (χ2n) is 9.00. The summed E-state index contributed by atoms with van der Waals surface area (Å²) < 4.78 is 15.0. The second kappa shape index (κ2) is 12.9. The van der Waals surface area contributed by atoms with Crippen LogP contribution in [0.4, 0.5) is 0 Å². The third kappa shape index (κ3) is 7.43. The first-order chi connectivity index (χ1) is 16.6. The summed E-state index contributed by atoms with van der Waals surface area (Å²) in [6.07, 6.45) is -0.761. The van der Waals surface area contributed by atoms with E-state index in [1.807, 2.05) is 18.2 Å². The number of aliphatic hydroxyl groups is 2. The summed E-state index contributed by atoms with van der Waals surface area (Å²) in [5.41, 5.74) is 2.62. The van der Waals surface area contributed by atoms with Crippen molar-refractivity contribution in [2.45, 2.75) is 45.4 Å². The molecule has 7 nitrogen and oxygen atoms in total. The molecule has 0 bridgehead atoms. The van der Waals surface area contributed by atoms with E-state index in [2.05, 4.69) is 101 Å². The van der Waals surface area contributed by atoms with Crippen LogP contribution in [0.15, 0.2) is 42.5 Å². The van der Waals surface area contributed by atoms with E-state index in [0.717, 1.165) is 14.9 Å². The number of benzene rings is 2. The van der Waals surface area contributed by atoms with E-state index in [4.69, 9.17) is 21.1 Å². The van der Waals surface area contributed by atoms with Gasteiger partial charge < -0.3 is 19.7 Å². The Hall–Kier alpha value is -1.15. The Kier molecular flexibility index (Phi) is 10.5. The summed E-state index contributed by atoms with van der Waals surface area (Å²) in [6, 6.07) is 14.2. The van der Waals surface area contributed by atoms with Crippen molar-refractivity contribution < 1.29 is 19.7 Å². The van der Waals surface area contributed by atoms with Gasteiger partial charge in [0.2, 0.25) is 0 Å². The van der Waals surface area contributed by atoms with Crippen molar-refractivity contribution in [1.29, 1.82) is 0 Å². The van der Waals surface area contributed by atoms with E-state index in [1.165, 1.54) is 5.56 Å². The molecule has 190 valence electrons. The second-order valence-corrected chi connectivity index (χ2v) is 11.5. The molecule has 3 rings (SSSR count). The number of alkyl halides is 1. The first-order valence-electron chi connectivity index (χ1n) is 11.2. The quantitative estimate of drug-likeness (QED) is 0.202. The maximum Gasteiger partial charge on any atom is 0.132 e. The van der Waals surface area contributed by atoms with Crippen molar-refractivity contribution in [2.24, 2.45) is 5.92 Å². The van der Waals surface area contributed by atoms with Gasteiger partial charge in [0.05, 0.1) is 23.3 Å². The van der Waals surface area contributed by atoms with Crippen molar-refractivity contribution in [1.82, 2.24) is 15.0 Å². The largest absolute Gasteiger partial charge is 0.492 e. The molecule has 0 unspecified atom stereocenters. The SMILES string of the molecule is C[C@H](CCl)COc1ccc(C(C)(C)c2ccc(OC[C@H](O)Cn3nnc(CO)c3[123I])cc2)cc1I. The van der Waals surface area contributed by atoms with Crippen LogP contribution in [0.1, 0.15) is 37.6 Å². The van der Waals surface area contributed by atoms with Crippen LogP contribution in [-0.2, 0) is 18.6 Å². The van der Waals surface area contributed by atoms with Gasteiger partial charge in [-0.15, -0.1) is 16.7 Å². The van der Waals surface area contributed by atoms with Crippen LogP contribution in [0.5, 0.6) is 11.5 Å². The normalized spacial score (nSPS) is 13.5. The molecule has 0 saturated heterocycles. The van der Waals surface area contributed by atoms with Gasteiger partial charge >= 0.3 is 0 Å². The first-order valence-corrected chi connectivity index (χ1v) is 13.9. The van der Waals surface area contributed by atoms with Gasteiger partial charge in [-0.05, 0) is 80.6 Å². The van der Waals surface area contributed by atoms with Crippen LogP contribution in [0.3, 0.4) is 0 Å². The van der Waals surface area contributed by atoms with Gasteiger partial charge in [-0.1, -0.05) is 44.2 Å². The fourth-order valence-corrected chi connectivity index (χ4v) is 4.75. The lowest BCUT2D eigenvalue weighted by Gasteiger charge is -2.27. The maximum atomic E-state index is 10.3. The van der Waals surface area contributed by atoms with Crippen LogP contribution in [0.2, 0.25) is 0 Å². The van der Waals surface area contributed by atoms with Crippen molar-refractivity contribution in [3.8, 4) is 11.5 Å². The predicted molar refractivity (Wildman–Crippen MR) is 153 cm³/mol. The molecule has 0 saturated carbocycles. The van der Waals surface area contributed by atoms with E-state index in [9.17, 15) is 10.2 Å². The summed E-state index contributed by atoms with van der Waals surface area (Å²) in [6.45, 7) is 7.22. The predicted octanol–water partition coefficient (Wildman–Crippen LogP) is 5.00. The molecular formula is C25H30ClI2N3O4. The summed E-state index contributed by atoms with van der Waals surface area (Å²) >= 11 is 10.3. The lowest BCUT2D eigenvalue weighted by atomic mass is 9.78. The van der Waals surface area contributed by atoms with Crippen LogP contribution < -0.4 is 9.47 Å². The number of nitrogens with zero attached hydrogens (tertiary/aromatic N) is 3. The Bertz CT molecular complexity index is 1110. The minimum absolute atomic E-state index is 0.120. The van der Waals surface area contributed by atoms with Crippen molar-refractivity contribution in [3.63, 3.8) is 0 Å². The number of aliphatic hydroxyl groups excluding tert-OH is 2. The van der Waals surface area contributed by atoms with Crippen molar-refractivity contribution >= 4 is 56.8 Å². The molecule has 2 N–H and O–H groups in total. The summed E-state index contributed by atoms with van der Waals surface area (Å²) in [4.78, 5) is 0. The third-order valence-electron chi connectivity index (χ3n) is 5.73. The molecule has 0 aliphatic heterocycles. The molecule has 1 aromatic heterocycles. The van der Waals surface area contributed by atoms with Crippen LogP contribution in [0, 0.1) is 13.2 Å². The standard InChI is InChI=1S/C25H30ClI2N3O4/c1-16(11-26)14-35-23-9-6-18(10-21(23)27)25(2,3)17-4-7-20(8-5-17)34-15-19(33)12-31-24(28)22(13-32)29-30-31/h4-10,16,19,32-33H,11-15H2,1-3H3/t16-,19-/m1/s1/i28-4. The first kappa shape index (κ1) is 28.4. The molecule has 0 aliphatic rings. The van der Waals surface area contributed by atoms with E-state index in [-0.39, 0.29) is 25.2 Å². The van der Waals surface area contributed by atoms with Gasteiger partial charge in [0.1, 0.15) is 33.6 Å². The zero-order chi connectivity index (χ0) is 25.6. The Morgan fingerprint density at radius 1 is 1.11 bits per heavy atom. The maximum absolute atomic E-state index is 10.3. The molecule has 0 amide bonds. The fraction of sp³-hybridized carbons (Fsp3) is 0.440. The molecule has 0 fully saturated rings. The van der Waals surface area contributed by atoms with E-state index < -0.39 is 6.10 Å². The zero-order valence-electron chi connectivity index (χ0n) is 19.9. The number of ether oxygens (including phenoxy) is 2. The highest BCUT2D eigenvalue weighted by molar-refractivity contribution is 14.1. The molecule has 1 heterocycles. The van der Waals surface area contributed by atoms with Gasteiger partial charge in [0.25, 0.3) is 0 Å². The molecule has 10 heteroatoms. The zero-order valence-corrected chi connectivity index (χ0v) is 25.0. The summed E-state index contributed by atoms with van der Waals surface area (Å²) in [5.74, 6) is 2.43. The Labute approximate surface area is 238 Å². The average molecular weight is 722 g/mol. The van der Waals surface area contributed by atoms with Crippen LogP contribution in [0.25, 0.3) is 0 Å². The molecule has 3 aromatic rings. The van der Waals surface area contributed by atoms with E-state index in [1.54, 1.807) is 4.68 Å². The minimum atomic E-state index is -0.761. The van der Waals surface area contributed by atoms with Gasteiger partial charge in [0, 0.05) is 17.2 Å². The smallest absolute Gasteiger partial charge is 0.132 e. The molecule has 35 heavy (non-hydrogen) atoms. The monoisotopic (exact) mass is 721 g/mol. The van der Waals surface area contributed by atoms with Gasteiger partial charge in [-0.25, -0.2) is 4.68 Å². The number of hydrogen-bond acceptors (Lipinski definition) is 6. The Morgan fingerprint density at radius 2 is 1.80 bits per heavy atom. The lowest BCUT2D eigenvalue weighted by molar-refractivity contribution is 0.0881. The van der Waals surface area contributed by atoms with E-state index in [0.29, 0.717) is 33.5 Å². The average Bonchev–Trinajstić information content (AvgIpc) is 3.20. The van der Waals surface area contributed by atoms with Gasteiger partial charge in [0.15, 0.2) is 0 Å². The summed E-state index contributed by atoms with van der Waals surface area (Å²) in [5, 5.41) is 27.4. The summed E-state index contributed by atoms with van der Waals surface area (Å²) in [7, 11) is 0. The number of hydrogen-bond donors (Lipinski definition) is 2. The molecule has 2 atom stereocenters. The van der Waals surface area contributed by atoms with Crippen molar-refractivity contribution in [2.75, 3.05) is 19.1 Å². The number of halogens is 3. The fourth-order valence-electron chi connectivity index (χ4n) is 3.41. The van der Waals surface area contributed by atoms with Crippen LogP contribution >= 0.6 is 56.8 Å². The molecule has 0 aliphatic carbocycles. The highest BCUT2D eigenvalue weighted by atomic mass is 127. The molecule has 0 radical (unpaired) electrons. The molecule has 2 aromatic carbocycles. The Balaban J connectivity index is 1.60. The number of aromatic nitrogens is 3. The highest BCUT2D eigenvalue weighted by Gasteiger charge is 2.24. The lowest BCUT2D eigenvalue weighted by Crippen LogP contribution is -2.25. The minimum Gasteiger partial charge on any atom is -0.492 e. The topological polar surface area (TPSA) is 89.6 Å². The van der Waals surface area contributed by atoms with E-state index >= 15 is 0 Å².